The van der Waals surface area contributed by atoms with Crippen LogP contribution in [0.1, 0.15) is 70.8 Å². The van der Waals surface area contributed by atoms with Crippen molar-refractivity contribution in [2.45, 2.75) is 66.6 Å². The Morgan fingerprint density at radius 2 is 1.81 bits per heavy atom. The van der Waals surface area contributed by atoms with Gasteiger partial charge in [-0.3, -0.25) is 4.99 Å². The summed E-state index contributed by atoms with van der Waals surface area (Å²) in [5, 5.41) is 6.14. The molecule has 0 aromatic heterocycles. The molecule has 2 aliphatic carbocycles. The molecule has 1 amide bonds. The number of carbonyl (C=O) groups excluding carboxylic acids is 2. The molecule has 0 saturated heterocycles. The van der Waals surface area contributed by atoms with E-state index in [1.165, 1.54) is 0 Å². The van der Waals surface area contributed by atoms with Crippen molar-refractivity contribution in [1.82, 2.24) is 10.6 Å². The molecule has 2 atom stereocenters. The van der Waals surface area contributed by atoms with Gasteiger partial charge < -0.3 is 24.8 Å². The standard InChI is InChI=1S/C34H43N3O5/c1-8-35-27-19-29-25(17-21(27)3)31(26-18-22(4)28(36-9-2)20-30(26)41-29)23-13-10-11-14-24(23)32(38)40-16-12-15-37-33(39)42-34(5,6)7/h10-11,13-14,17-20,25,30,36H,8-9,12,15-16H2,1-7H3,(H,37,39)/b35-27+. The molecule has 1 aliphatic heterocycles. The Kier molecular flexibility index (Phi) is 9.76. The highest BCUT2D eigenvalue weighted by molar-refractivity contribution is 6.10. The predicted molar refractivity (Wildman–Crippen MR) is 166 cm³/mol. The summed E-state index contributed by atoms with van der Waals surface area (Å²) in [6.45, 7) is 15.7. The zero-order valence-corrected chi connectivity index (χ0v) is 25.8. The van der Waals surface area contributed by atoms with Gasteiger partial charge in [-0.05, 0) is 95.4 Å². The zero-order valence-electron chi connectivity index (χ0n) is 25.8. The SMILES string of the molecule is CC/N=C1\C=C2OC3C=C(NCC)C(C)=CC3=C(c3ccccc3C(=O)OCCCNC(=O)OC(C)(C)C)C2C=C1C. The Labute approximate surface area is 249 Å². The molecule has 0 fully saturated rings. The van der Waals surface area contributed by atoms with Crippen molar-refractivity contribution in [1.29, 1.82) is 0 Å². The summed E-state index contributed by atoms with van der Waals surface area (Å²) in [6.07, 6.45) is 8.16. The molecule has 1 aromatic rings. The number of esters is 1. The summed E-state index contributed by atoms with van der Waals surface area (Å²) in [4.78, 5) is 30.0. The number of hydrogen-bond acceptors (Lipinski definition) is 7. The first-order chi connectivity index (χ1) is 20.0. The minimum atomic E-state index is -0.569. The minimum absolute atomic E-state index is 0.166. The first-order valence-electron chi connectivity index (χ1n) is 14.8. The van der Waals surface area contributed by atoms with Gasteiger partial charge in [-0.2, -0.15) is 0 Å². The second kappa shape index (κ2) is 13.3. The van der Waals surface area contributed by atoms with Crippen LogP contribution in [0, 0.1) is 5.92 Å². The lowest BCUT2D eigenvalue weighted by atomic mass is 9.76. The molecule has 8 heteroatoms. The highest BCUT2D eigenvalue weighted by Gasteiger charge is 2.38. The molecule has 224 valence electrons. The van der Waals surface area contributed by atoms with Gasteiger partial charge >= 0.3 is 12.1 Å². The van der Waals surface area contributed by atoms with Gasteiger partial charge in [-0.15, -0.1) is 0 Å². The number of fused-ring (bicyclic) bond motifs is 2. The summed E-state index contributed by atoms with van der Waals surface area (Å²) < 4.78 is 17.5. The quantitative estimate of drug-likeness (QED) is 0.266. The molecular formula is C34H43N3O5. The van der Waals surface area contributed by atoms with Crippen molar-refractivity contribution in [3.05, 3.63) is 87.9 Å². The number of alkyl carbamates (subject to hydrolysis) is 1. The highest BCUT2D eigenvalue weighted by Crippen LogP contribution is 2.46. The van der Waals surface area contributed by atoms with E-state index >= 15 is 0 Å². The Morgan fingerprint density at radius 1 is 1.05 bits per heavy atom. The Hall–Kier alpha value is -4.07. The van der Waals surface area contributed by atoms with Gasteiger partial charge in [0.2, 0.25) is 0 Å². The number of nitrogens with zero attached hydrogens (tertiary/aromatic N) is 1. The number of rotatable bonds is 9. The number of ether oxygens (including phenoxy) is 3. The number of nitrogens with one attached hydrogen (secondary N) is 2. The monoisotopic (exact) mass is 573 g/mol. The Bertz CT molecular complexity index is 1400. The highest BCUT2D eigenvalue weighted by atomic mass is 16.6. The topological polar surface area (TPSA) is 98.3 Å². The van der Waals surface area contributed by atoms with Crippen LogP contribution in [0.25, 0.3) is 5.57 Å². The molecule has 2 N–H and O–H groups in total. The first-order valence-corrected chi connectivity index (χ1v) is 14.8. The molecule has 0 spiro atoms. The molecular weight excluding hydrogens is 530 g/mol. The number of amides is 1. The van der Waals surface area contributed by atoms with Crippen LogP contribution in [0.2, 0.25) is 0 Å². The van der Waals surface area contributed by atoms with E-state index in [0.29, 0.717) is 25.1 Å². The molecule has 4 rings (SSSR count). The van der Waals surface area contributed by atoms with Crippen molar-refractivity contribution in [2.24, 2.45) is 10.9 Å². The smallest absolute Gasteiger partial charge is 0.407 e. The van der Waals surface area contributed by atoms with Crippen LogP contribution in [0.15, 0.2) is 81.7 Å². The van der Waals surface area contributed by atoms with Gasteiger partial charge in [0, 0.05) is 37.0 Å². The fraction of sp³-hybridized carbons (Fsp3) is 0.441. The van der Waals surface area contributed by atoms with Gasteiger partial charge in [-0.1, -0.05) is 24.3 Å². The molecule has 0 saturated carbocycles. The van der Waals surface area contributed by atoms with E-state index in [9.17, 15) is 9.59 Å². The molecule has 1 heterocycles. The van der Waals surface area contributed by atoms with E-state index in [1.54, 1.807) is 6.07 Å². The Morgan fingerprint density at radius 3 is 2.52 bits per heavy atom. The molecule has 42 heavy (non-hydrogen) atoms. The van der Waals surface area contributed by atoms with E-state index in [0.717, 1.165) is 51.6 Å². The van der Waals surface area contributed by atoms with Crippen molar-refractivity contribution >= 4 is 23.3 Å². The lowest BCUT2D eigenvalue weighted by molar-refractivity contribution is 0.0482. The normalized spacial score (nSPS) is 20.7. The minimum Gasteiger partial charge on any atom is -0.485 e. The van der Waals surface area contributed by atoms with E-state index in [2.05, 4.69) is 54.6 Å². The first kappa shape index (κ1) is 30.9. The second-order valence-corrected chi connectivity index (χ2v) is 11.5. The number of likely N-dealkylation sites (N-methyl/N-ethyl adjacent to an activating group) is 1. The van der Waals surface area contributed by atoms with E-state index in [1.807, 2.05) is 52.0 Å². The maximum absolute atomic E-state index is 13.4. The van der Waals surface area contributed by atoms with Crippen LogP contribution < -0.4 is 10.6 Å². The summed E-state index contributed by atoms with van der Waals surface area (Å²) in [5.41, 5.74) is 6.93. The van der Waals surface area contributed by atoms with Gasteiger partial charge in [0.25, 0.3) is 0 Å². The molecule has 3 aliphatic rings. The summed E-state index contributed by atoms with van der Waals surface area (Å²) in [7, 11) is 0. The number of aliphatic imine (C=N–C) groups is 1. The van der Waals surface area contributed by atoms with Crippen LogP contribution >= 0.6 is 0 Å². The Balaban J connectivity index is 1.63. The lowest BCUT2D eigenvalue weighted by Gasteiger charge is -2.38. The average molecular weight is 574 g/mol. The van der Waals surface area contributed by atoms with Crippen molar-refractivity contribution < 1.29 is 23.8 Å². The van der Waals surface area contributed by atoms with Gasteiger partial charge in [-0.25, -0.2) is 9.59 Å². The summed E-state index contributed by atoms with van der Waals surface area (Å²) in [6, 6.07) is 7.58. The number of benzene rings is 1. The second-order valence-electron chi connectivity index (χ2n) is 11.5. The predicted octanol–water partition coefficient (Wildman–Crippen LogP) is 6.28. The van der Waals surface area contributed by atoms with Crippen LogP contribution in [0.5, 0.6) is 0 Å². The largest absolute Gasteiger partial charge is 0.485 e. The molecule has 8 nitrogen and oxygen atoms in total. The molecule has 2 unspecified atom stereocenters. The average Bonchev–Trinajstić information content (AvgIpc) is 2.92. The van der Waals surface area contributed by atoms with E-state index in [4.69, 9.17) is 14.2 Å². The van der Waals surface area contributed by atoms with E-state index in [-0.39, 0.29) is 18.6 Å². The number of hydrogen-bond donors (Lipinski definition) is 2. The van der Waals surface area contributed by atoms with Crippen molar-refractivity contribution in [3.63, 3.8) is 0 Å². The van der Waals surface area contributed by atoms with Crippen molar-refractivity contribution in [3.8, 4) is 0 Å². The maximum atomic E-state index is 13.4. The van der Waals surface area contributed by atoms with Crippen LogP contribution in [-0.4, -0.2) is 55.7 Å². The van der Waals surface area contributed by atoms with Crippen LogP contribution in [-0.2, 0) is 14.2 Å². The van der Waals surface area contributed by atoms with Gasteiger partial charge in [0.15, 0.2) is 0 Å². The lowest BCUT2D eigenvalue weighted by Crippen LogP contribution is -2.33. The van der Waals surface area contributed by atoms with E-state index < -0.39 is 17.7 Å². The molecule has 1 aromatic carbocycles. The third kappa shape index (κ3) is 7.22. The number of carbonyl (C=O) groups is 2. The van der Waals surface area contributed by atoms with Crippen LogP contribution in [0.4, 0.5) is 4.79 Å². The fourth-order valence-electron chi connectivity index (χ4n) is 5.28. The maximum Gasteiger partial charge on any atom is 0.407 e. The van der Waals surface area contributed by atoms with Gasteiger partial charge in [0.1, 0.15) is 17.5 Å². The zero-order chi connectivity index (χ0) is 30.4. The summed E-state index contributed by atoms with van der Waals surface area (Å²) in [5.74, 6) is 0.236. The molecule has 0 radical (unpaired) electrons. The fourth-order valence-corrected chi connectivity index (χ4v) is 5.28. The van der Waals surface area contributed by atoms with Crippen molar-refractivity contribution in [2.75, 3.05) is 26.2 Å². The van der Waals surface area contributed by atoms with Crippen LogP contribution in [0.3, 0.4) is 0 Å². The van der Waals surface area contributed by atoms with Gasteiger partial charge in [0.05, 0.1) is 23.8 Å². The third-order valence-electron chi connectivity index (χ3n) is 7.07. The molecule has 0 bridgehead atoms. The number of allylic oxidation sites excluding steroid dienone is 4. The third-order valence-corrected chi connectivity index (χ3v) is 7.07. The summed E-state index contributed by atoms with van der Waals surface area (Å²) >= 11 is 0.